The summed E-state index contributed by atoms with van der Waals surface area (Å²) in [7, 11) is 3.36. The van der Waals surface area contributed by atoms with E-state index in [2.05, 4.69) is 25.6 Å². The molecule has 1 fully saturated rings. The van der Waals surface area contributed by atoms with Crippen LogP contribution in [0.1, 0.15) is 12.8 Å². The third kappa shape index (κ3) is 3.00. The fourth-order valence-corrected chi connectivity index (χ4v) is 3.30. The minimum Gasteiger partial charge on any atom is -0.497 e. The molecule has 1 aliphatic carbocycles. The van der Waals surface area contributed by atoms with Crippen LogP contribution >= 0.6 is 0 Å². The Bertz CT molecular complexity index is 1300. The number of anilines is 2. The second-order valence-electron chi connectivity index (χ2n) is 7.22. The number of benzene rings is 1. The minimum absolute atomic E-state index is 0.333. The van der Waals surface area contributed by atoms with Gasteiger partial charge in [0.05, 0.1) is 12.7 Å². The van der Waals surface area contributed by atoms with E-state index in [1.807, 2.05) is 0 Å². The highest BCUT2D eigenvalue weighted by Crippen LogP contribution is 2.37. The third-order valence-corrected chi connectivity index (χ3v) is 5.22. The number of rotatable bonds is 5. The molecule has 1 aromatic carbocycles. The van der Waals surface area contributed by atoms with Crippen LogP contribution in [0.3, 0.4) is 0 Å². The highest BCUT2D eigenvalue weighted by Gasteiger charge is 2.48. The number of aromatic nitrogens is 3. The van der Waals surface area contributed by atoms with Crippen LogP contribution in [0.15, 0.2) is 41.1 Å². The van der Waals surface area contributed by atoms with E-state index in [1.54, 1.807) is 50.8 Å². The van der Waals surface area contributed by atoms with Crippen LogP contribution < -0.4 is 15.4 Å². The van der Waals surface area contributed by atoms with Crippen molar-refractivity contribution in [1.82, 2.24) is 15.0 Å². The standard InChI is InChI=1S/C21H19N5O4/c1-22-18-13-9-23-17(26-20(27)21(28)5-6-21)8-12(13)14(10-24-18)19-25-15-7-11(29-2)3-4-16(15)30-19/h3-4,7-10,28H,5-6H2,1-2H3,(H,22,24)(H,23,26,27). The molecule has 0 aliphatic heterocycles. The maximum absolute atomic E-state index is 12.2. The molecule has 9 nitrogen and oxygen atoms in total. The number of fused-ring (bicyclic) bond motifs is 2. The molecule has 9 heteroatoms. The molecule has 3 aromatic heterocycles. The first-order valence-electron chi connectivity index (χ1n) is 9.46. The number of amides is 1. The SMILES string of the molecule is CNc1ncc(-c2nc3cc(OC)ccc3o2)c2cc(NC(=O)C3(O)CC3)ncc12. The van der Waals surface area contributed by atoms with Gasteiger partial charge in [-0.15, -0.1) is 0 Å². The maximum Gasteiger partial charge on any atom is 0.257 e. The molecule has 1 aliphatic rings. The molecule has 0 saturated heterocycles. The quantitative estimate of drug-likeness (QED) is 0.463. The summed E-state index contributed by atoms with van der Waals surface area (Å²) in [4.78, 5) is 25.6. The van der Waals surface area contributed by atoms with Gasteiger partial charge in [-0.05, 0) is 31.0 Å². The van der Waals surface area contributed by atoms with Gasteiger partial charge in [0.2, 0.25) is 5.89 Å². The van der Waals surface area contributed by atoms with Crippen LogP contribution in [0.25, 0.3) is 33.3 Å². The van der Waals surface area contributed by atoms with Crippen LogP contribution in [-0.4, -0.2) is 45.7 Å². The van der Waals surface area contributed by atoms with Crippen molar-refractivity contribution in [3.8, 4) is 17.2 Å². The number of aliphatic hydroxyl groups is 1. The number of methoxy groups -OCH3 is 1. The number of hydrogen-bond acceptors (Lipinski definition) is 8. The Morgan fingerprint density at radius 1 is 1.20 bits per heavy atom. The van der Waals surface area contributed by atoms with E-state index in [9.17, 15) is 9.90 Å². The molecule has 3 N–H and O–H groups in total. The number of hydrogen-bond donors (Lipinski definition) is 3. The van der Waals surface area contributed by atoms with Gasteiger partial charge < -0.3 is 24.9 Å². The Balaban J connectivity index is 1.63. The number of ether oxygens (including phenoxy) is 1. The van der Waals surface area contributed by atoms with Crippen LogP contribution in [0, 0.1) is 0 Å². The normalized spacial score (nSPS) is 14.6. The van der Waals surface area contributed by atoms with Crippen molar-refractivity contribution in [3.05, 3.63) is 36.7 Å². The predicted molar refractivity (Wildman–Crippen MR) is 111 cm³/mol. The number of carbonyl (C=O) groups excluding carboxylic acids is 1. The Morgan fingerprint density at radius 3 is 2.77 bits per heavy atom. The Labute approximate surface area is 171 Å². The molecule has 1 amide bonds. The largest absolute Gasteiger partial charge is 0.497 e. The first-order valence-corrected chi connectivity index (χ1v) is 9.46. The molecule has 1 saturated carbocycles. The predicted octanol–water partition coefficient (Wildman–Crippen LogP) is 2.95. The van der Waals surface area contributed by atoms with Crippen LogP contribution in [0.5, 0.6) is 5.75 Å². The minimum atomic E-state index is -1.28. The highest BCUT2D eigenvalue weighted by atomic mass is 16.5. The third-order valence-electron chi connectivity index (χ3n) is 5.22. The first-order chi connectivity index (χ1) is 14.5. The molecule has 30 heavy (non-hydrogen) atoms. The summed E-state index contributed by atoms with van der Waals surface area (Å²) in [5.74, 6) is 1.59. The van der Waals surface area contributed by atoms with E-state index in [0.717, 1.165) is 10.8 Å². The molecular formula is C21H19N5O4. The van der Waals surface area contributed by atoms with Gasteiger partial charge >= 0.3 is 0 Å². The Kier molecular flexibility index (Phi) is 4.07. The van der Waals surface area contributed by atoms with E-state index in [0.29, 0.717) is 52.8 Å². The molecule has 0 unspecified atom stereocenters. The van der Waals surface area contributed by atoms with Gasteiger partial charge in [-0.2, -0.15) is 0 Å². The zero-order valence-electron chi connectivity index (χ0n) is 16.4. The highest BCUT2D eigenvalue weighted by molar-refractivity contribution is 6.04. The van der Waals surface area contributed by atoms with Crippen LogP contribution in [0.4, 0.5) is 11.6 Å². The van der Waals surface area contributed by atoms with Gasteiger partial charge in [0.1, 0.15) is 28.5 Å². The van der Waals surface area contributed by atoms with Crippen LogP contribution in [-0.2, 0) is 4.79 Å². The van der Waals surface area contributed by atoms with Crippen molar-refractivity contribution in [2.75, 3.05) is 24.8 Å². The Hall–Kier alpha value is -3.72. The second kappa shape index (κ2) is 6.67. The molecule has 4 aromatic rings. The topological polar surface area (TPSA) is 122 Å². The number of pyridine rings is 2. The van der Waals surface area contributed by atoms with Gasteiger partial charge in [-0.25, -0.2) is 15.0 Å². The van der Waals surface area contributed by atoms with Crippen molar-refractivity contribution in [2.45, 2.75) is 18.4 Å². The molecule has 0 radical (unpaired) electrons. The van der Waals surface area contributed by atoms with Crippen molar-refractivity contribution < 1.29 is 19.1 Å². The van der Waals surface area contributed by atoms with Gasteiger partial charge in [-0.3, -0.25) is 4.79 Å². The summed E-state index contributed by atoms with van der Waals surface area (Å²) in [5, 5.41) is 17.2. The smallest absolute Gasteiger partial charge is 0.257 e. The zero-order valence-corrected chi connectivity index (χ0v) is 16.4. The fraction of sp³-hybridized carbons (Fsp3) is 0.238. The van der Waals surface area contributed by atoms with Crippen LogP contribution in [0.2, 0.25) is 0 Å². The summed E-state index contributed by atoms with van der Waals surface area (Å²) in [6, 6.07) is 7.12. The second-order valence-corrected chi connectivity index (χ2v) is 7.22. The van der Waals surface area contributed by atoms with Crippen molar-refractivity contribution in [3.63, 3.8) is 0 Å². The van der Waals surface area contributed by atoms with E-state index < -0.39 is 11.5 Å². The van der Waals surface area contributed by atoms with E-state index >= 15 is 0 Å². The summed E-state index contributed by atoms with van der Waals surface area (Å²) >= 11 is 0. The van der Waals surface area contributed by atoms with Crippen molar-refractivity contribution in [1.29, 1.82) is 0 Å². The van der Waals surface area contributed by atoms with Gasteiger partial charge in [0.25, 0.3) is 5.91 Å². The number of nitrogens with zero attached hydrogens (tertiary/aromatic N) is 3. The molecule has 0 spiro atoms. The monoisotopic (exact) mass is 405 g/mol. The molecular weight excluding hydrogens is 386 g/mol. The summed E-state index contributed by atoms with van der Waals surface area (Å²) < 4.78 is 11.2. The average Bonchev–Trinajstić information content (AvgIpc) is 3.38. The number of nitrogens with one attached hydrogen (secondary N) is 2. The molecule has 0 atom stereocenters. The lowest BCUT2D eigenvalue weighted by molar-refractivity contribution is -0.125. The van der Waals surface area contributed by atoms with Crippen molar-refractivity contribution in [2.24, 2.45) is 0 Å². The lowest BCUT2D eigenvalue weighted by Crippen LogP contribution is -2.29. The molecule has 152 valence electrons. The fourth-order valence-electron chi connectivity index (χ4n) is 3.30. The van der Waals surface area contributed by atoms with Gasteiger partial charge in [0, 0.05) is 36.3 Å². The number of carbonyl (C=O) groups is 1. The summed E-state index contributed by atoms with van der Waals surface area (Å²) in [5.41, 5.74) is 0.652. The van der Waals surface area contributed by atoms with E-state index in [1.165, 1.54) is 0 Å². The number of oxazole rings is 1. The molecule has 5 rings (SSSR count). The van der Waals surface area contributed by atoms with E-state index in [-0.39, 0.29) is 0 Å². The average molecular weight is 405 g/mol. The summed E-state index contributed by atoms with van der Waals surface area (Å²) in [6.07, 6.45) is 4.20. The molecule has 3 heterocycles. The van der Waals surface area contributed by atoms with E-state index in [4.69, 9.17) is 9.15 Å². The zero-order chi connectivity index (χ0) is 20.9. The first kappa shape index (κ1) is 18.3. The lowest BCUT2D eigenvalue weighted by atomic mass is 10.1. The Morgan fingerprint density at radius 2 is 2.03 bits per heavy atom. The summed E-state index contributed by atoms with van der Waals surface area (Å²) in [6.45, 7) is 0. The lowest BCUT2D eigenvalue weighted by Gasteiger charge is -2.12. The molecule has 0 bridgehead atoms. The van der Waals surface area contributed by atoms with Gasteiger partial charge in [-0.1, -0.05) is 0 Å². The van der Waals surface area contributed by atoms with Crippen molar-refractivity contribution >= 4 is 39.4 Å². The maximum atomic E-state index is 12.2. The van der Waals surface area contributed by atoms with Gasteiger partial charge in [0.15, 0.2) is 5.58 Å².